The predicted octanol–water partition coefficient (Wildman–Crippen LogP) is 0.372. The number of likely N-dealkylation sites (tertiary alicyclic amines) is 1. The third-order valence-corrected chi connectivity index (χ3v) is 5.94. The molecule has 134 valence electrons. The summed E-state index contributed by atoms with van der Waals surface area (Å²) in [5.41, 5.74) is 0.786. The van der Waals surface area contributed by atoms with E-state index in [0.29, 0.717) is 26.1 Å². The maximum atomic E-state index is 12.2. The van der Waals surface area contributed by atoms with Gasteiger partial charge >= 0.3 is 0 Å². The monoisotopic (exact) mass is 354 g/mol. The highest BCUT2D eigenvalue weighted by Gasteiger charge is 2.33. The smallest absolute Gasteiger partial charge is 0.222 e. The summed E-state index contributed by atoms with van der Waals surface area (Å²) in [5, 5.41) is 10.1. The third-order valence-electron chi connectivity index (χ3n) is 4.37. The summed E-state index contributed by atoms with van der Waals surface area (Å²) in [6.45, 7) is 1.37. The van der Waals surface area contributed by atoms with Crippen molar-refractivity contribution in [1.82, 2.24) is 9.80 Å². The van der Waals surface area contributed by atoms with Crippen LogP contribution in [-0.4, -0.2) is 74.8 Å². The summed E-state index contributed by atoms with van der Waals surface area (Å²) in [5.74, 6) is -0.0511. The molecule has 1 aliphatic rings. The van der Waals surface area contributed by atoms with Crippen LogP contribution in [0.15, 0.2) is 30.3 Å². The molecule has 0 radical (unpaired) electrons. The van der Waals surface area contributed by atoms with Crippen LogP contribution >= 0.6 is 0 Å². The molecule has 1 heterocycles. The summed E-state index contributed by atoms with van der Waals surface area (Å²) < 4.78 is 24.5. The van der Waals surface area contributed by atoms with E-state index < -0.39 is 15.9 Å². The molecule has 1 fully saturated rings. The molecule has 0 unspecified atom stereocenters. The average Bonchev–Trinajstić information content (AvgIpc) is 2.86. The number of β-amino-alcohol motifs (C(OH)–C–C–N with tert-alkyl or cyclic N) is 1. The van der Waals surface area contributed by atoms with E-state index in [-0.39, 0.29) is 23.3 Å². The van der Waals surface area contributed by atoms with Gasteiger partial charge < -0.3 is 10.0 Å². The average molecular weight is 354 g/mol. The fraction of sp³-hybridized carbons (Fsp3) is 0.588. The van der Waals surface area contributed by atoms with E-state index in [1.54, 1.807) is 26.2 Å². The Morgan fingerprint density at radius 1 is 1.25 bits per heavy atom. The van der Waals surface area contributed by atoms with Gasteiger partial charge in [0.1, 0.15) is 0 Å². The minimum absolute atomic E-state index is 0.0161. The van der Waals surface area contributed by atoms with Gasteiger partial charge in [0.25, 0.3) is 0 Å². The number of sulfone groups is 1. The van der Waals surface area contributed by atoms with Gasteiger partial charge in [0, 0.05) is 46.1 Å². The minimum atomic E-state index is -3.19. The largest absolute Gasteiger partial charge is 0.391 e. The number of rotatable bonds is 7. The summed E-state index contributed by atoms with van der Waals surface area (Å²) in [6, 6.07) is 9.12. The van der Waals surface area contributed by atoms with Crippen molar-refractivity contribution < 1.29 is 18.3 Å². The Kier molecular flexibility index (Phi) is 6.37. The maximum absolute atomic E-state index is 12.2. The van der Waals surface area contributed by atoms with Crippen molar-refractivity contribution in [2.24, 2.45) is 5.92 Å². The molecule has 1 N–H and O–H groups in total. The van der Waals surface area contributed by atoms with Crippen molar-refractivity contribution in [3.05, 3.63) is 35.9 Å². The number of aliphatic hydroxyl groups is 1. The molecule has 2 atom stereocenters. The summed E-state index contributed by atoms with van der Waals surface area (Å²) in [4.78, 5) is 15.2. The topological polar surface area (TPSA) is 77.9 Å². The van der Waals surface area contributed by atoms with Gasteiger partial charge in [-0.25, -0.2) is 8.42 Å². The molecule has 0 spiro atoms. The molecule has 6 nitrogen and oxygen atoms in total. The first-order valence-corrected chi connectivity index (χ1v) is 9.94. The van der Waals surface area contributed by atoms with Gasteiger partial charge in [-0.15, -0.1) is 0 Å². The Hall–Kier alpha value is -1.44. The van der Waals surface area contributed by atoms with Crippen LogP contribution in [0.3, 0.4) is 0 Å². The lowest BCUT2D eigenvalue weighted by Gasteiger charge is -2.17. The second kappa shape index (κ2) is 8.09. The number of aliphatic hydroxyl groups excluding tert-OH is 1. The van der Waals surface area contributed by atoms with Crippen molar-refractivity contribution in [3.63, 3.8) is 0 Å². The van der Waals surface area contributed by atoms with Gasteiger partial charge in [-0.05, 0) is 5.56 Å². The predicted molar refractivity (Wildman–Crippen MR) is 93.2 cm³/mol. The lowest BCUT2D eigenvalue weighted by molar-refractivity contribution is -0.130. The summed E-state index contributed by atoms with van der Waals surface area (Å²) in [7, 11) is 0.192. The van der Waals surface area contributed by atoms with Gasteiger partial charge in [-0.1, -0.05) is 30.3 Å². The summed E-state index contributed by atoms with van der Waals surface area (Å²) in [6.07, 6.45) is -0.285. The van der Waals surface area contributed by atoms with Crippen LogP contribution < -0.4 is 0 Å². The molecule has 0 aromatic heterocycles. The van der Waals surface area contributed by atoms with Crippen molar-refractivity contribution in [1.29, 1.82) is 0 Å². The van der Waals surface area contributed by atoms with Crippen molar-refractivity contribution in [2.45, 2.75) is 18.3 Å². The molecule has 1 aromatic rings. The van der Waals surface area contributed by atoms with Crippen molar-refractivity contribution in [3.8, 4) is 0 Å². The molecular weight excluding hydrogens is 328 g/mol. The Morgan fingerprint density at radius 2 is 1.92 bits per heavy atom. The molecule has 1 saturated heterocycles. The molecule has 24 heavy (non-hydrogen) atoms. The minimum Gasteiger partial charge on any atom is -0.391 e. The number of carbonyl (C=O) groups is 1. The third kappa shape index (κ3) is 5.58. The van der Waals surface area contributed by atoms with Crippen LogP contribution in [0.4, 0.5) is 0 Å². The van der Waals surface area contributed by atoms with Crippen molar-refractivity contribution in [2.75, 3.05) is 39.5 Å². The quantitative estimate of drug-likeness (QED) is 0.766. The van der Waals surface area contributed by atoms with Gasteiger partial charge in [0.05, 0.1) is 17.6 Å². The highest BCUT2D eigenvalue weighted by molar-refractivity contribution is 7.90. The highest BCUT2D eigenvalue weighted by atomic mass is 32.2. The normalized spacial score (nSPS) is 21.8. The van der Waals surface area contributed by atoms with E-state index in [9.17, 15) is 18.3 Å². The summed E-state index contributed by atoms with van der Waals surface area (Å²) >= 11 is 0. The van der Waals surface area contributed by atoms with E-state index >= 15 is 0 Å². The van der Waals surface area contributed by atoms with Gasteiger partial charge in [0.15, 0.2) is 9.84 Å². The van der Waals surface area contributed by atoms with Crippen LogP contribution in [-0.2, 0) is 20.4 Å². The number of benzene rings is 1. The molecule has 1 amide bonds. The zero-order valence-electron chi connectivity index (χ0n) is 14.3. The molecular formula is C17H26N2O4S. The Bertz CT molecular complexity index is 646. The van der Waals surface area contributed by atoms with E-state index in [0.717, 1.165) is 5.56 Å². The SMILES string of the molecule is CN(C)C(=O)C[C@@H]1CN(CCS(=O)(=O)Cc2ccccc2)C[C@H]1O. The van der Waals surface area contributed by atoms with Crippen LogP contribution in [0, 0.1) is 5.92 Å². The van der Waals surface area contributed by atoms with Crippen LogP contribution in [0.25, 0.3) is 0 Å². The molecule has 2 rings (SSSR count). The first kappa shape index (κ1) is 18.9. The fourth-order valence-corrected chi connectivity index (χ4v) is 4.28. The maximum Gasteiger partial charge on any atom is 0.222 e. The van der Waals surface area contributed by atoms with E-state index in [1.165, 1.54) is 4.90 Å². The van der Waals surface area contributed by atoms with E-state index in [1.807, 2.05) is 23.1 Å². The second-order valence-electron chi connectivity index (χ2n) is 6.66. The standard InChI is InChI=1S/C17H26N2O4S/c1-18(2)17(21)10-15-11-19(12-16(15)20)8-9-24(22,23)13-14-6-4-3-5-7-14/h3-7,15-16,20H,8-13H2,1-2H3/t15-,16-/m1/s1. The number of amides is 1. The first-order valence-electron chi connectivity index (χ1n) is 8.12. The Labute approximate surface area is 144 Å². The van der Waals surface area contributed by atoms with E-state index in [4.69, 9.17) is 0 Å². The first-order chi connectivity index (χ1) is 11.3. The highest BCUT2D eigenvalue weighted by Crippen LogP contribution is 2.21. The number of nitrogens with zero attached hydrogens (tertiary/aromatic N) is 2. The van der Waals surface area contributed by atoms with Crippen LogP contribution in [0.1, 0.15) is 12.0 Å². The second-order valence-corrected chi connectivity index (χ2v) is 8.84. The number of carbonyl (C=O) groups excluding carboxylic acids is 1. The van der Waals surface area contributed by atoms with Crippen LogP contribution in [0.2, 0.25) is 0 Å². The van der Waals surface area contributed by atoms with Gasteiger partial charge in [-0.2, -0.15) is 0 Å². The lowest BCUT2D eigenvalue weighted by Crippen LogP contribution is -2.29. The molecule has 0 saturated carbocycles. The van der Waals surface area contributed by atoms with Crippen LogP contribution in [0.5, 0.6) is 0 Å². The Balaban J connectivity index is 1.83. The molecule has 7 heteroatoms. The van der Waals surface area contributed by atoms with Crippen molar-refractivity contribution >= 4 is 15.7 Å². The lowest BCUT2D eigenvalue weighted by atomic mass is 10.0. The molecule has 0 bridgehead atoms. The number of hydrogen-bond donors (Lipinski definition) is 1. The van der Waals surface area contributed by atoms with Gasteiger partial charge in [0.2, 0.25) is 5.91 Å². The van der Waals surface area contributed by atoms with Gasteiger partial charge in [-0.3, -0.25) is 9.69 Å². The molecule has 1 aromatic carbocycles. The Morgan fingerprint density at radius 3 is 2.54 bits per heavy atom. The number of hydrogen-bond acceptors (Lipinski definition) is 5. The molecule has 1 aliphatic heterocycles. The zero-order valence-corrected chi connectivity index (χ0v) is 15.1. The molecule has 0 aliphatic carbocycles. The fourth-order valence-electron chi connectivity index (χ4n) is 2.90. The van der Waals surface area contributed by atoms with E-state index in [2.05, 4.69) is 0 Å². The zero-order chi connectivity index (χ0) is 17.7.